The minimum atomic E-state index is -0.984. The molecule has 1 atom stereocenters. The van der Waals surface area contributed by atoms with Crippen molar-refractivity contribution < 1.29 is 19.1 Å². The predicted molar refractivity (Wildman–Crippen MR) is 106 cm³/mol. The number of nitriles is 1. The van der Waals surface area contributed by atoms with E-state index in [1.807, 2.05) is 45.0 Å². The summed E-state index contributed by atoms with van der Waals surface area (Å²) in [6.07, 6.45) is -0.984. The number of nitrogens with zero attached hydrogens (tertiary/aromatic N) is 1. The lowest BCUT2D eigenvalue weighted by atomic mass is 9.98. The molecule has 146 valence electrons. The van der Waals surface area contributed by atoms with Crippen LogP contribution >= 0.6 is 0 Å². The van der Waals surface area contributed by atoms with Crippen LogP contribution in [0.5, 0.6) is 5.75 Å². The van der Waals surface area contributed by atoms with Gasteiger partial charge in [-0.25, -0.2) is 4.79 Å². The van der Waals surface area contributed by atoms with Gasteiger partial charge in [-0.2, -0.15) is 5.26 Å². The van der Waals surface area contributed by atoms with Crippen molar-refractivity contribution in [3.05, 3.63) is 59.2 Å². The van der Waals surface area contributed by atoms with Gasteiger partial charge in [0.1, 0.15) is 11.8 Å². The van der Waals surface area contributed by atoms with Gasteiger partial charge < -0.3 is 14.8 Å². The summed E-state index contributed by atoms with van der Waals surface area (Å²) < 4.78 is 10.5. The molecule has 0 heterocycles. The van der Waals surface area contributed by atoms with Gasteiger partial charge >= 0.3 is 5.97 Å². The molecular weight excluding hydrogens is 356 g/mol. The summed E-state index contributed by atoms with van der Waals surface area (Å²) in [6, 6.07) is 14.4. The molecule has 0 fully saturated rings. The molecule has 1 N–H and O–H groups in total. The summed E-state index contributed by atoms with van der Waals surface area (Å²) in [5.41, 5.74) is 3.02. The summed E-state index contributed by atoms with van der Waals surface area (Å²) in [5.74, 6) is -0.576. The molecule has 0 aromatic heterocycles. The van der Waals surface area contributed by atoms with Crippen molar-refractivity contribution in [1.82, 2.24) is 0 Å². The van der Waals surface area contributed by atoms with Gasteiger partial charge in [0.25, 0.3) is 5.91 Å². The van der Waals surface area contributed by atoms with Crippen LogP contribution in [0.3, 0.4) is 0 Å². The third-order valence-electron chi connectivity index (χ3n) is 4.21. The Morgan fingerprint density at radius 2 is 1.82 bits per heavy atom. The van der Waals surface area contributed by atoms with Crippen LogP contribution in [0, 0.1) is 18.3 Å². The van der Waals surface area contributed by atoms with Crippen LogP contribution < -0.4 is 10.1 Å². The number of nitrogens with one attached hydrogen (secondary N) is 1. The molecule has 0 aliphatic heterocycles. The van der Waals surface area contributed by atoms with E-state index in [1.54, 1.807) is 24.3 Å². The summed E-state index contributed by atoms with van der Waals surface area (Å²) >= 11 is 0. The molecule has 0 bridgehead atoms. The van der Waals surface area contributed by atoms with E-state index >= 15 is 0 Å². The molecule has 0 radical (unpaired) electrons. The lowest BCUT2D eigenvalue weighted by Gasteiger charge is -2.19. The van der Waals surface area contributed by atoms with Crippen molar-refractivity contribution in [2.75, 3.05) is 11.9 Å². The number of aryl methyl sites for hydroxylation is 1. The number of carbonyl (C=O) groups is 2. The first-order valence-electron chi connectivity index (χ1n) is 9.05. The first-order chi connectivity index (χ1) is 13.3. The lowest BCUT2D eigenvalue weighted by Crippen LogP contribution is -2.32. The number of rotatable bonds is 7. The molecule has 2 rings (SSSR count). The fourth-order valence-corrected chi connectivity index (χ4v) is 2.67. The molecule has 0 saturated heterocycles. The van der Waals surface area contributed by atoms with Crippen molar-refractivity contribution in [1.29, 1.82) is 5.26 Å². The molecule has 0 aliphatic carbocycles. The zero-order chi connectivity index (χ0) is 20.7. The summed E-state index contributed by atoms with van der Waals surface area (Å²) in [4.78, 5) is 24.5. The van der Waals surface area contributed by atoms with Crippen molar-refractivity contribution in [2.45, 2.75) is 39.7 Å². The van der Waals surface area contributed by atoms with Crippen molar-refractivity contribution in [3.63, 3.8) is 0 Å². The van der Waals surface area contributed by atoms with Crippen LogP contribution in [0.2, 0.25) is 0 Å². The number of hydrogen-bond donors (Lipinski definition) is 1. The maximum atomic E-state index is 12.5. The molecule has 6 heteroatoms. The largest absolute Gasteiger partial charge is 0.481 e. The molecule has 1 amide bonds. The van der Waals surface area contributed by atoms with Gasteiger partial charge in [-0.3, -0.25) is 4.79 Å². The van der Waals surface area contributed by atoms with E-state index in [1.165, 1.54) is 6.92 Å². The third kappa shape index (κ3) is 5.34. The van der Waals surface area contributed by atoms with E-state index in [9.17, 15) is 9.59 Å². The molecule has 0 unspecified atom stereocenters. The highest BCUT2D eigenvalue weighted by molar-refractivity contribution is 5.96. The van der Waals surface area contributed by atoms with Crippen LogP contribution in [0.15, 0.2) is 42.5 Å². The number of benzene rings is 2. The fraction of sp³-hybridized carbons (Fsp3) is 0.318. The van der Waals surface area contributed by atoms with E-state index < -0.39 is 24.6 Å². The Morgan fingerprint density at radius 1 is 1.11 bits per heavy atom. The number of anilines is 1. The van der Waals surface area contributed by atoms with E-state index in [0.29, 0.717) is 11.3 Å². The smallest absolute Gasteiger partial charge is 0.344 e. The molecule has 0 saturated carbocycles. The van der Waals surface area contributed by atoms with Gasteiger partial charge in [0.2, 0.25) is 0 Å². The van der Waals surface area contributed by atoms with Gasteiger partial charge in [0.05, 0.1) is 5.56 Å². The SMILES string of the molecule is Cc1cccc(C(C)C)c1NC(=O)[C@H](C)OC(=O)COc1ccccc1C#N. The zero-order valence-electron chi connectivity index (χ0n) is 16.5. The predicted octanol–water partition coefficient (Wildman–Crippen LogP) is 3.94. The molecule has 0 spiro atoms. The monoisotopic (exact) mass is 380 g/mol. The second-order valence-electron chi connectivity index (χ2n) is 6.71. The number of hydrogen-bond acceptors (Lipinski definition) is 5. The number of ether oxygens (including phenoxy) is 2. The van der Waals surface area contributed by atoms with E-state index in [4.69, 9.17) is 14.7 Å². The second-order valence-corrected chi connectivity index (χ2v) is 6.71. The molecule has 6 nitrogen and oxygen atoms in total. The van der Waals surface area contributed by atoms with Gasteiger partial charge in [0.15, 0.2) is 12.7 Å². The lowest BCUT2D eigenvalue weighted by molar-refractivity contribution is -0.155. The van der Waals surface area contributed by atoms with Gasteiger partial charge in [0, 0.05) is 5.69 Å². The zero-order valence-corrected chi connectivity index (χ0v) is 16.5. The van der Waals surface area contributed by atoms with Crippen LogP contribution in [-0.2, 0) is 14.3 Å². The van der Waals surface area contributed by atoms with Crippen LogP contribution in [0.4, 0.5) is 5.69 Å². The standard InChI is InChI=1S/C22H24N2O4/c1-14(2)18-10-7-8-15(3)21(18)24-22(26)16(4)28-20(25)13-27-19-11-6-5-9-17(19)12-23/h5-11,14,16H,13H2,1-4H3,(H,24,26)/t16-/m0/s1. The fourth-order valence-electron chi connectivity index (χ4n) is 2.67. The van der Waals surface area contributed by atoms with Crippen LogP contribution in [0.25, 0.3) is 0 Å². The highest BCUT2D eigenvalue weighted by Crippen LogP contribution is 2.27. The molecule has 2 aromatic carbocycles. The average molecular weight is 380 g/mol. The first kappa shape index (κ1) is 21.0. The van der Waals surface area contributed by atoms with Gasteiger partial charge in [-0.1, -0.05) is 44.2 Å². The Labute approximate surface area is 165 Å². The average Bonchev–Trinajstić information content (AvgIpc) is 2.67. The Balaban J connectivity index is 1.96. The van der Waals surface area contributed by atoms with Crippen molar-refractivity contribution >= 4 is 17.6 Å². The van der Waals surface area contributed by atoms with E-state index in [2.05, 4.69) is 5.32 Å². The summed E-state index contributed by atoms with van der Waals surface area (Å²) in [5, 5.41) is 11.9. The number of esters is 1. The van der Waals surface area contributed by atoms with Crippen molar-refractivity contribution in [3.8, 4) is 11.8 Å². The molecular formula is C22H24N2O4. The highest BCUT2D eigenvalue weighted by atomic mass is 16.6. The maximum Gasteiger partial charge on any atom is 0.344 e. The van der Waals surface area contributed by atoms with Gasteiger partial charge in [-0.15, -0.1) is 0 Å². The number of para-hydroxylation sites is 2. The Hall–Kier alpha value is -3.33. The van der Waals surface area contributed by atoms with Crippen molar-refractivity contribution in [2.24, 2.45) is 0 Å². The quantitative estimate of drug-likeness (QED) is 0.735. The normalized spacial score (nSPS) is 11.4. The summed E-state index contributed by atoms with van der Waals surface area (Å²) in [7, 11) is 0. The van der Waals surface area contributed by atoms with Crippen LogP contribution in [-0.4, -0.2) is 24.6 Å². The van der Waals surface area contributed by atoms with E-state index in [-0.39, 0.29) is 5.92 Å². The Bertz CT molecular complexity index is 900. The highest BCUT2D eigenvalue weighted by Gasteiger charge is 2.21. The number of amides is 1. The first-order valence-corrected chi connectivity index (χ1v) is 9.05. The van der Waals surface area contributed by atoms with E-state index in [0.717, 1.165) is 16.8 Å². The third-order valence-corrected chi connectivity index (χ3v) is 4.21. The maximum absolute atomic E-state index is 12.5. The van der Waals surface area contributed by atoms with Gasteiger partial charge in [-0.05, 0) is 43.0 Å². The van der Waals surface area contributed by atoms with Crippen LogP contribution in [0.1, 0.15) is 43.4 Å². The molecule has 28 heavy (non-hydrogen) atoms. The minimum absolute atomic E-state index is 0.238. The molecule has 2 aromatic rings. The Kier molecular flexibility index (Phi) is 7.16. The Morgan fingerprint density at radius 3 is 2.50 bits per heavy atom. The number of carbonyl (C=O) groups excluding carboxylic acids is 2. The summed E-state index contributed by atoms with van der Waals surface area (Å²) in [6.45, 7) is 7.12. The molecule has 0 aliphatic rings. The topological polar surface area (TPSA) is 88.4 Å². The minimum Gasteiger partial charge on any atom is -0.481 e. The second kappa shape index (κ2) is 9.56.